The average molecular weight is 302 g/mol. The van der Waals surface area contributed by atoms with E-state index in [2.05, 4.69) is 15.0 Å². The van der Waals surface area contributed by atoms with Gasteiger partial charge in [-0.05, 0) is 25.0 Å². The Morgan fingerprint density at radius 3 is 2.80 bits per heavy atom. The molecular weight excluding hydrogens is 293 g/mol. The second kappa shape index (κ2) is 4.62. The molecule has 1 aliphatic rings. The number of ether oxygens (including phenoxy) is 1. The number of benzene rings is 1. The predicted molar refractivity (Wildman–Crippen MR) is 67.7 cm³/mol. The van der Waals surface area contributed by atoms with Gasteiger partial charge in [-0.2, -0.15) is 0 Å². The fourth-order valence-corrected chi connectivity index (χ4v) is 2.61. The molecule has 1 heterocycles. The van der Waals surface area contributed by atoms with Crippen LogP contribution in [0, 0.1) is 5.92 Å². The van der Waals surface area contributed by atoms with Gasteiger partial charge in [-0.3, -0.25) is 4.79 Å². The number of halogens is 3. The van der Waals surface area contributed by atoms with Crippen LogP contribution in [0.2, 0.25) is 0 Å². The summed E-state index contributed by atoms with van der Waals surface area (Å²) in [5.41, 5.74) is 0.524. The van der Waals surface area contributed by atoms with Crippen molar-refractivity contribution in [3.8, 4) is 5.75 Å². The minimum atomic E-state index is -4.72. The Kier molecular flexibility index (Phi) is 3.04. The van der Waals surface area contributed by atoms with E-state index in [0.717, 1.165) is 24.2 Å². The molecule has 1 aliphatic carbocycles. The van der Waals surface area contributed by atoms with E-state index in [-0.39, 0.29) is 17.6 Å². The van der Waals surface area contributed by atoms with Gasteiger partial charge >= 0.3 is 6.36 Å². The molecule has 0 atom stereocenters. The second-order valence-corrected chi connectivity index (χ2v) is 5.49. The van der Waals surface area contributed by atoms with E-state index in [9.17, 15) is 18.0 Å². The first kappa shape index (κ1) is 13.2. The molecule has 1 aromatic carbocycles. The summed E-state index contributed by atoms with van der Waals surface area (Å²) in [7, 11) is 0. The topological polar surface area (TPSA) is 51.2 Å². The Balaban J connectivity index is 1.81. The summed E-state index contributed by atoms with van der Waals surface area (Å²) < 4.78 is 40.7. The number of nitrogens with one attached hydrogen (secondary N) is 1. The zero-order valence-electron chi connectivity index (χ0n) is 10.0. The number of alkyl halides is 3. The van der Waals surface area contributed by atoms with Gasteiger partial charge in [-0.1, -0.05) is 11.3 Å². The molecular formula is C12H9F3N2O2S. The monoisotopic (exact) mass is 302 g/mol. The molecule has 1 fully saturated rings. The number of carbonyl (C=O) groups is 1. The highest BCUT2D eigenvalue weighted by molar-refractivity contribution is 7.22. The van der Waals surface area contributed by atoms with Gasteiger partial charge in [0.15, 0.2) is 5.13 Å². The summed E-state index contributed by atoms with van der Waals surface area (Å²) >= 11 is 1.12. The maximum absolute atomic E-state index is 12.1. The predicted octanol–water partition coefficient (Wildman–Crippen LogP) is 3.54. The van der Waals surface area contributed by atoms with Crippen LogP contribution in [0.1, 0.15) is 12.8 Å². The molecule has 0 spiro atoms. The van der Waals surface area contributed by atoms with Crippen molar-refractivity contribution in [1.29, 1.82) is 0 Å². The van der Waals surface area contributed by atoms with E-state index < -0.39 is 6.36 Å². The van der Waals surface area contributed by atoms with E-state index in [0.29, 0.717) is 15.3 Å². The first-order valence-corrected chi connectivity index (χ1v) is 6.69. The maximum atomic E-state index is 12.1. The highest BCUT2D eigenvalue weighted by atomic mass is 32.1. The van der Waals surface area contributed by atoms with Crippen LogP contribution in [0.3, 0.4) is 0 Å². The van der Waals surface area contributed by atoms with Gasteiger partial charge in [-0.25, -0.2) is 4.98 Å². The molecule has 3 rings (SSSR count). The van der Waals surface area contributed by atoms with Gasteiger partial charge in [0.25, 0.3) is 0 Å². The Morgan fingerprint density at radius 2 is 2.15 bits per heavy atom. The van der Waals surface area contributed by atoms with Gasteiger partial charge < -0.3 is 10.1 Å². The Labute approximate surface area is 115 Å². The number of nitrogens with zero attached hydrogens (tertiary/aromatic N) is 1. The average Bonchev–Trinajstić information content (AvgIpc) is 3.09. The van der Waals surface area contributed by atoms with Gasteiger partial charge in [-0.15, -0.1) is 13.2 Å². The second-order valence-electron chi connectivity index (χ2n) is 4.46. The zero-order chi connectivity index (χ0) is 14.3. The van der Waals surface area contributed by atoms with Gasteiger partial charge in [0.2, 0.25) is 5.91 Å². The van der Waals surface area contributed by atoms with E-state index in [1.807, 2.05) is 0 Å². The summed E-state index contributed by atoms with van der Waals surface area (Å²) in [4.78, 5) is 15.7. The molecule has 2 aromatic rings. The number of anilines is 1. The molecule has 0 aliphatic heterocycles. The third-order valence-corrected chi connectivity index (χ3v) is 3.71. The van der Waals surface area contributed by atoms with Crippen molar-refractivity contribution in [3.63, 3.8) is 0 Å². The summed E-state index contributed by atoms with van der Waals surface area (Å²) in [5.74, 6) is -0.337. The summed E-state index contributed by atoms with van der Waals surface area (Å²) in [6, 6.07) is 3.88. The first-order valence-electron chi connectivity index (χ1n) is 5.88. The minimum Gasteiger partial charge on any atom is -0.406 e. The summed E-state index contributed by atoms with van der Waals surface area (Å²) in [6.45, 7) is 0. The molecule has 1 saturated carbocycles. The molecule has 106 valence electrons. The van der Waals surface area contributed by atoms with Crippen LogP contribution >= 0.6 is 11.3 Å². The summed E-state index contributed by atoms with van der Waals surface area (Å²) in [5, 5.41) is 3.06. The van der Waals surface area contributed by atoms with Crippen LogP contribution < -0.4 is 10.1 Å². The highest BCUT2D eigenvalue weighted by Gasteiger charge is 2.31. The van der Waals surface area contributed by atoms with Crippen molar-refractivity contribution >= 4 is 32.6 Å². The number of hydrogen-bond donors (Lipinski definition) is 1. The van der Waals surface area contributed by atoms with E-state index in [1.165, 1.54) is 18.2 Å². The standard InChI is InChI=1S/C12H9F3N2O2S/c13-12(14,15)19-7-3-4-8-9(5-7)20-11(16-8)17-10(18)6-1-2-6/h3-6H,1-2H2,(H,16,17,18). The molecule has 1 N–H and O–H groups in total. The van der Waals surface area contributed by atoms with Gasteiger partial charge in [0.1, 0.15) is 5.75 Å². The number of aromatic nitrogens is 1. The molecule has 0 radical (unpaired) electrons. The normalized spacial score (nSPS) is 15.3. The number of hydrogen-bond acceptors (Lipinski definition) is 4. The first-order chi connectivity index (χ1) is 9.40. The van der Waals surface area contributed by atoms with Crippen molar-refractivity contribution in [1.82, 2.24) is 4.98 Å². The molecule has 4 nitrogen and oxygen atoms in total. The van der Waals surface area contributed by atoms with Crippen LogP contribution in [0.25, 0.3) is 10.2 Å². The van der Waals surface area contributed by atoms with Crippen LogP contribution in [0.4, 0.5) is 18.3 Å². The fraction of sp³-hybridized carbons (Fsp3) is 0.333. The van der Waals surface area contributed by atoms with Gasteiger partial charge in [0, 0.05) is 12.0 Å². The van der Waals surface area contributed by atoms with Crippen LogP contribution in [0.5, 0.6) is 5.75 Å². The number of rotatable bonds is 3. The van der Waals surface area contributed by atoms with E-state index in [1.54, 1.807) is 0 Å². The minimum absolute atomic E-state index is 0.0473. The maximum Gasteiger partial charge on any atom is 0.573 e. The summed E-state index contributed by atoms with van der Waals surface area (Å²) in [6.07, 6.45) is -2.97. The molecule has 0 saturated heterocycles. The third kappa shape index (κ3) is 3.01. The van der Waals surface area contributed by atoms with Crippen molar-refractivity contribution in [2.75, 3.05) is 5.32 Å². The number of thiazole rings is 1. The molecule has 1 aromatic heterocycles. The van der Waals surface area contributed by atoms with Crippen LogP contribution in [-0.2, 0) is 4.79 Å². The van der Waals surface area contributed by atoms with Crippen LogP contribution in [0.15, 0.2) is 18.2 Å². The lowest BCUT2D eigenvalue weighted by molar-refractivity contribution is -0.274. The van der Waals surface area contributed by atoms with Crippen molar-refractivity contribution in [2.45, 2.75) is 19.2 Å². The number of amides is 1. The van der Waals surface area contributed by atoms with Crippen molar-refractivity contribution < 1.29 is 22.7 Å². The largest absolute Gasteiger partial charge is 0.573 e. The molecule has 1 amide bonds. The number of carbonyl (C=O) groups excluding carboxylic acids is 1. The SMILES string of the molecule is O=C(Nc1nc2ccc(OC(F)(F)F)cc2s1)C1CC1. The zero-order valence-corrected chi connectivity index (χ0v) is 10.8. The Hall–Kier alpha value is -1.83. The Bertz CT molecular complexity index is 664. The number of fused-ring (bicyclic) bond motifs is 1. The highest BCUT2D eigenvalue weighted by Crippen LogP contribution is 2.34. The fourth-order valence-electron chi connectivity index (χ4n) is 1.71. The third-order valence-electron chi connectivity index (χ3n) is 2.77. The molecule has 0 unspecified atom stereocenters. The Morgan fingerprint density at radius 1 is 1.40 bits per heavy atom. The van der Waals surface area contributed by atoms with Crippen molar-refractivity contribution in [2.24, 2.45) is 5.92 Å². The lowest BCUT2D eigenvalue weighted by Crippen LogP contribution is -2.16. The quantitative estimate of drug-likeness (QED) is 0.943. The van der Waals surface area contributed by atoms with Crippen molar-refractivity contribution in [3.05, 3.63) is 18.2 Å². The van der Waals surface area contributed by atoms with Gasteiger partial charge in [0.05, 0.1) is 10.2 Å². The lowest BCUT2D eigenvalue weighted by Gasteiger charge is -2.07. The molecule has 20 heavy (non-hydrogen) atoms. The molecule has 8 heteroatoms. The molecule has 0 bridgehead atoms. The lowest BCUT2D eigenvalue weighted by atomic mass is 10.3. The van der Waals surface area contributed by atoms with E-state index >= 15 is 0 Å². The van der Waals surface area contributed by atoms with Crippen LogP contribution in [-0.4, -0.2) is 17.3 Å². The smallest absolute Gasteiger partial charge is 0.406 e. The van der Waals surface area contributed by atoms with E-state index in [4.69, 9.17) is 0 Å².